The largest absolute Gasteiger partial charge is 0.103 e. The zero-order valence-corrected chi connectivity index (χ0v) is 15.3. The van der Waals surface area contributed by atoms with E-state index in [1.165, 1.54) is 25.0 Å². The molecule has 4 aliphatic carbocycles. The second-order valence-corrected chi connectivity index (χ2v) is 9.98. The molecule has 2 heteroatoms. The second kappa shape index (κ2) is 5.33. The lowest BCUT2D eigenvalue weighted by Crippen LogP contribution is -2.71. The van der Waals surface area contributed by atoms with Crippen LogP contribution in [0.1, 0.15) is 32.6 Å². The van der Waals surface area contributed by atoms with Crippen LogP contribution >= 0.6 is 30.1 Å². The van der Waals surface area contributed by atoms with Crippen molar-refractivity contribution in [1.82, 2.24) is 0 Å². The molecule has 0 N–H and O–H groups in total. The van der Waals surface area contributed by atoms with Gasteiger partial charge >= 0.3 is 0 Å². The van der Waals surface area contributed by atoms with Crippen molar-refractivity contribution in [3.8, 4) is 0 Å². The Balaban J connectivity index is 1.40. The van der Waals surface area contributed by atoms with Gasteiger partial charge in [0.1, 0.15) is 0 Å². The fourth-order valence-corrected chi connectivity index (χ4v) is 7.84. The maximum absolute atomic E-state index is 3.89. The molecule has 0 bridgehead atoms. The number of hydrogen-bond donors (Lipinski definition) is 0. The molecule has 0 saturated heterocycles. The Labute approximate surface area is 139 Å². The zero-order chi connectivity index (χ0) is 13.9. The van der Waals surface area contributed by atoms with Gasteiger partial charge in [-0.2, -0.15) is 0 Å². The van der Waals surface area contributed by atoms with Gasteiger partial charge in [-0.25, -0.2) is 0 Å². The molecule has 6 unspecified atom stereocenters. The highest BCUT2D eigenvalue weighted by atomic mass is 127. The number of halogens is 1. The first kappa shape index (κ1) is 14.2. The molecule has 0 aliphatic heterocycles. The van der Waals surface area contributed by atoms with Gasteiger partial charge in [0.2, 0.25) is 0 Å². The molecule has 0 aromatic rings. The molecule has 0 aromatic heterocycles. The Hall–Kier alpha value is 0.560. The van der Waals surface area contributed by atoms with Crippen LogP contribution in [0.25, 0.3) is 0 Å². The van der Waals surface area contributed by atoms with E-state index in [0.29, 0.717) is 0 Å². The van der Waals surface area contributed by atoms with Crippen molar-refractivity contribution < 1.29 is 0 Å². The summed E-state index contributed by atoms with van der Waals surface area (Å²) in [6.45, 7) is 6.46. The lowest BCUT2D eigenvalue weighted by atomic mass is 9.29. The van der Waals surface area contributed by atoms with E-state index in [1.807, 2.05) is 8.93 Å². The van der Waals surface area contributed by atoms with E-state index in [0.717, 1.165) is 47.3 Å². The molecule has 8 atom stereocenters. The second-order valence-electron chi connectivity index (χ2n) is 7.56. The normalized spacial score (nSPS) is 48.7. The van der Waals surface area contributed by atoms with Gasteiger partial charge < -0.3 is 0 Å². The zero-order valence-electron chi connectivity index (χ0n) is 12.3. The summed E-state index contributed by atoms with van der Waals surface area (Å²) in [7, 11) is 2.03. The van der Waals surface area contributed by atoms with Crippen LogP contribution in [0.2, 0.25) is 0 Å². The predicted molar refractivity (Wildman–Crippen MR) is 96.8 cm³/mol. The summed E-state index contributed by atoms with van der Waals surface area (Å²) in [5.74, 6) is 9.85. The van der Waals surface area contributed by atoms with Gasteiger partial charge in [-0.05, 0) is 94.2 Å². The average Bonchev–Trinajstić information content (AvgIpc) is 3.25. The molecule has 4 aliphatic rings. The first-order valence-electron chi connectivity index (χ1n) is 8.31. The minimum Gasteiger partial charge on any atom is -0.103 e. The number of rotatable bonds is 7. The Bertz CT molecular complexity index is 443. The average molecular weight is 400 g/mol. The third-order valence-corrected chi connectivity index (χ3v) is 8.58. The molecular formula is C18H25IS. The van der Waals surface area contributed by atoms with Gasteiger partial charge in [-0.15, -0.1) is 6.58 Å². The third kappa shape index (κ3) is 1.92. The van der Waals surface area contributed by atoms with E-state index in [9.17, 15) is 0 Å². The van der Waals surface area contributed by atoms with Crippen LogP contribution in [0, 0.1) is 47.3 Å². The Kier molecular flexibility index (Phi) is 3.78. The molecule has 0 nitrogen and oxygen atoms in total. The maximum Gasteiger partial charge on any atom is 0.0102 e. The van der Waals surface area contributed by atoms with Crippen molar-refractivity contribution in [3.63, 3.8) is 0 Å². The van der Waals surface area contributed by atoms with E-state index in [2.05, 4.69) is 46.9 Å². The fraction of sp³-hybridized carbons (Fsp3) is 0.778. The van der Waals surface area contributed by atoms with Crippen LogP contribution < -0.4 is 0 Å². The highest BCUT2D eigenvalue weighted by Crippen LogP contribution is 2.76. The van der Waals surface area contributed by atoms with E-state index >= 15 is 0 Å². The van der Waals surface area contributed by atoms with E-state index < -0.39 is 0 Å². The van der Waals surface area contributed by atoms with Crippen molar-refractivity contribution in [2.24, 2.45) is 47.3 Å². The quantitative estimate of drug-likeness (QED) is 0.388. The van der Waals surface area contributed by atoms with Crippen molar-refractivity contribution in [3.05, 3.63) is 24.3 Å². The highest BCUT2D eigenvalue weighted by Gasteiger charge is 2.71. The number of hydrogen-bond acceptors (Lipinski definition) is 1. The monoisotopic (exact) mass is 400 g/mol. The topological polar surface area (TPSA) is 0 Å². The minimum absolute atomic E-state index is 0.932. The molecule has 4 rings (SSSR count). The highest BCUT2D eigenvalue weighted by molar-refractivity contribution is 14.2. The van der Waals surface area contributed by atoms with Gasteiger partial charge in [-0.3, -0.25) is 0 Å². The lowest BCUT2D eigenvalue weighted by molar-refractivity contribution is -0.281. The van der Waals surface area contributed by atoms with E-state index in [4.69, 9.17) is 0 Å². The molecule has 110 valence electrons. The molecule has 0 aromatic carbocycles. The molecule has 3 saturated carbocycles. The van der Waals surface area contributed by atoms with Crippen LogP contribution in [0.15, 0.2) is 24.3 Å². The summed E-state index contributed by atoms with van der Waals surface area (Å²) >= 11 is 2.50. The first-order chi connectivity index (χ1) is 9.77. The molecule has 3 fully saturated rings. The first-order valence-corrected chi connectivity index (χ1v) is 11.8. The number of fused-ring (bicyclic) bond motifs is 4. The molecule has 0 heterocycles. The SMILES string of the molecule is C=CCC[C@H]1CC2C3C(C(CSI)C4=CC4)C(C)[C@H]3C21. The Morgan fingerprint density at radius 3 is 2.90 bits per heavy atom. The fourth-order valence-electron chi connectivity index (χ4n) is 6.10. The smallest absolute Gasteiger partial charge is 0.0102 e. The van der Waals surface area contributed by atoms with Gasteiger partial charge in [0.25, 0.3) is 0 Å². The van der Waals surface area contributed by atoms with E-state index in [1.54, 1.807) is 12.0 Å². The van der Waals surface area contributed by atoms with Crippen molar-refractivity contribution in [2.45, 2.75) is 32.6 Å². The van der Waals surface area contributed by atoms with Crippen LogP contribution in [-0.2, 0) is 0 Å². The standard InChI is InChI=1S/C18H25IS/c1-3-4-5-12-8-13-17(12)16-10(2)15(18(13)16)14(9-20-19)11-6-7-11/h3,6,10,12-18H,1,4-5,7-9H2,2H3/t10?,12-,13?,14?,15?,16-,17?,18?/m0/s1. The van der Waals surface area contributed by atoms with Crippen molar-refractivity contribution in [2.75, 3.05) is 5.75 Å². The van der Waals surface area contributed by atoms with Crippen LogP contribution in [0.5, 0.6) is 0 Å². The third-order valence-electron chi connectivity index (χ3n) is 7.02. The lowest BCUT2D eigenvalue weighted by Gasteiger charge is -2.76. The van der Waals surface area contributed by atoms with Crippen molar-refractivity contribution in [1.29, 1.82) is 0 Å². The molecule has 0 spiro atoms. The minimum atomic E-state index is 0.932. The van der Waals surface area contributed by atoms with Gasteiger partial charge in [-0.1, -0.05) is 33.6 Å². The predicted octanol–water partition coefficient (Wildman–Crippen LogP) is 5.75. The summed E-state index contributed by atoms with van der Waals surface area (Å²) < 4.78 is 0. The summed E-state index contributed by atoms with van der Waals surface area (Å²) in [5.41, 5.74) is 1.80. The summed E-state index contributed by atoms with van der Waals surface area (Å²) in [4.78, 5) is 0. The van der Waals surface area contributed by atoms with E-state index in [-0.39, 0.29) is 0 Å². The molecule has 0 radical (unpaired) electrons. The summed E-state index contributed by atoms with van der Waals surface area (Å²) in [6, 6.07) is 0. The Morgan fingerprint density at radius 1 is 1.45 bits per heavy atom. The van der Waals surface area contributed by atoms with Crippen LogP contribution in [0.3, 0.4) is 0 Å². The maximum atomic E-state index is 3.89. The molecule has 20 heavy (non-hydrogen) atoms. The van der Waals surface area contributed by atoms with Gasteiger partial charge in [0.05, 0.1) is 0 Å². The summed E-state index contributed by atoms with van der Waals surface area (Å²) in [5, 5.41) is 0. The van der Waals surface area contributed by atoms with Crippen molar-refractivity contribution >= 4 is 30.1 Å². The number of allylic oxidation sites excluding steroid dienone is 3. The van der Waals surface area contributed by atoms with Gasteiger partial charge in [0.15, 0.2) is 0 Å². The summed E-state index contributed by atoms with van der Waals surface area (Å²) in [6.07, 6.45) is 10.1. The van der Waals surface area contributed by atoms with Crippen LogP contribution in [0.4, 0.5) is 0 Å². The molecular weight excluding hydrogens is 375 g/mol. The Morgan fingerprint density at radius 2 is 2.25 bits per heavy atom. The van der Waals surface area contributed by atoms with Crippen LogP contribution in [-0.4, -0.2) is 5.75 Å². The van der Waals surface area contributed by atoms with Gasteiger partial charge in [0, 0.05) is 5.75 Å². The molecule has 0 amide bonds.